The number of piperidine rings is 1. The van der Waals surface area contributed by atoms with Gasteiger partial charge in [-0.3, -0.25) is 4.79 Å². The largest absolute Gasteiger partial charge is 0.484 e. The normalized spacial score (nSPS) is 22.7. The first kappa shape index (κ1) is 23.2. The molecule has 1 amide bonds. The molecule has 1 aromatic carbocycles. The number of aromatic nitrogens is 3. The number of rotatable bonds is 6. The number of ether oxygens (including phenoxy) is 1. The second kappa shape index (κ2) is 7.75. The maximum absolute atomic E-state index is 13.8. The monoisotopic (exact) mass is 498 g/mol. The van der Waals surface area contributed by atoms with Crippen LogP contribution in [0.4, 0.5) is 22.0 Å². The van der Waals surface area contributed by atoms with Crippen LogP contribution in [0.25, 0.3) is 11.5 Å². The van der Waals surface area contributed by atoms with E-state index >= 15 is 0 Å². The average molecular weight is 498 g/mol. The highest BCUT2D eigenvalue weighted by atomic mass is 19.4. The van der Waals surface area contributed by atoms with E-state index in [1.807, 2.05) is 0 Å². The molecule has 2 fully saturated rings. The van der Waals surface area contributed by atoms with Gasteiger partial charge in [0.25, 0.3) is 11.8 Å². The van der Waals surface area contributed by atoms with Gasteiger partial charge in [0.05, 0.1) is 17.2 Å². The molecule has 0 radical (unpaired) electrons. The molecule has 1 aliphatic carbocycles. The van der Waals surface area contributed by atoms with Crippen LogP contribution in [0.2, 0.25) is 0 Å². The van der Waals surface area contributed by atoms with Gasteiger partial charge in [0.1, 0.15) is 12.0 Å². The number of oxazole rings is 1. The van der Waals surface area contributed by atoms with Gasteiger partial charge in [-0.25, -0.2) is 13.8 Å². The lowest BCUT2D eigenvalue weighted by molar-refractivity contribution is -0.159. The Labute approximate surface area is 195 Å². The number of carbonyl (C=O) groups is 1. The first-order valence-electron chi connectivity index (χ1n) is 10.7. The molecule has 35 heavy (non-hydrogen) atoms. The van der Waals surface area contributed by atoms with Crippen molar-refractivity contribution in [2.24, 2.45) is 5.92 Å². The Hall–Kier alpha value is -3.51. The summed E-state index contributed by atoms with van der Waals surface area (Å²) in [5, 5.41) is 3.50. The van der Waals surface area contributed by atoms with E-state index in [1.165, 1.54) is 42.5 Å². The zero-order valence-corrected chi connectivity index (χ0v) is 18.5. The molecule has 2 aromatic heterocycles. The summed E-state index contributed by atoms with van der Waals surface area (Å²) < 4.78 is 81.3. The van der Waals surface area contributed by atoms with Crippen molar-refractivity contribution in [1.29, 1.82) is 0 Å². The van der Waals surface area contributed by atoms with Crippen LogP contribution in [0.5, 0.6) is 5.75 Å². The smallest absolute Gasteiger partial charge is 0.471 e. The molecule has 3 atom stereocenters. The van der Waals surface area contributed by atoms with Gasteiger partial charge in [-0.1, -0.05) is 5.16 Å². The summed E-state index contributed by atoms with van der Waals surface area (Å²) in [6, 6.07) is 4.34. The molecule has 13 heteroatoms. The summed E-state index contributed by atoms with van der Waals surface area (Å²) in [6.07, 6.45) is -3.03. The molecule has 3 aromatic rings. The fraction of sp³-hybridized carbons (Fsp3) is 0.455. The number of amides is 1. The van der Waals surface area contributed by atoms with Crippen LogP contribution in [0, 0.1) is 5.92 Å². The topological polar surface area (TPSA) is 94.5 Å². The van der Waals surface area contributed by atoms with Crippen LogP contribution in [0.15, 0.2) is 39.6 Å². The van der Waals surface area contributed by atoms with Gasteiger partial charge in [0, 0.05) is 25.6 Å². The lowest BCUT2D eigenvalue weighted by Crippen LogP contribution is -2.35. The highest BCUT2D eigenvalue weighted by molar-refractivity contribution is 5.98. The van der Waals surface area contributed by atoms with Crippen LogP contribution < -0.4 is 4.74 Å². The van der Waals surface area contributed by atoms with Crippen molar-refractivity contribution < 1.29 is 40.4 Å². The first-order valence-corrected chi connectivity index (χ1v) is 10.7. The molecule has 1 saturated carbocycles. The summed E-state index contributed by atoms with van der Waals surface area (Å²) in [6.45, 7) is 2.18. The highest BCUT2D eigenvalue weighted by Gasteiger charge is 2.65. The molecule has 3 unspecified atom stereocenters. The van der Waals surface area contributed by atoms with E-state index in [1.54, 1.807) is 0 Å². The Morgan fingerprint density at radius 2 is 2.06 bits per heavy atom. The van der Waals surface area contributed by atoms with Gasteiger partial charge >= 0.3 is 12.1 Å². The predicted octanol–water partition coefficient (Wildman–Crippen LogP) is 4.58. The molecular weight excluding hydrogens is 479 g/mol. The van der Waals surface area contributed by atoms with Crippen LogP contribution in [0.3, 0.4) is 0 Å². The van der Waals surface area contributed by atoms with Gasteiger partial charge in [0.2, 0.25) is 5.89 Å². The second-order valence-electron chi connectivity index (χ2n) is 8.93. The van der Waals surface area contributed by atoms with Crippen LogP contribution >= 0.6 is 0 Å². The third-order valence-corrected chi connectivity index (χ3v) is 6.45. The van der Waals surface area contributed by atoms with Crippen LogP contribution in [-0.2, 0) is 11.6 Å². The Balaban J connectivity index is 1.43. The minimum atomic E-state index is -4.77. The van der Waals surface area contributed by atoms with Crippen molar-refractivity contribution in [1.82, 2.24) is 20.0 Å². The van der Waals surface area contributed by atoms with Gasteiger partial charge in [-0.2, -0.15) is 18.2 Å². The van der Waals surface area contributed by atoms with E-state index < -0.39 is 35.4 Å². The second-order valence-corrected chi connectivity index (χ2v) is 8.93. The van der Waals surface area contributed by atoms with Crippen molar-refractivity contribution in [3.8, 4) is 17.2 Å². The highest BCUT2D eigenvalue weighted by Crippen LogP contribution is 2.58. The van der Waals surface area contributed by atoms with Crippen molar-refractivity contribution in [2.75, 3.05) is 13.1 Å². The summed E-state index contributed by atoms with van der Waals surface area (Å²) in [5.74, 6) is -5.25. The molecule has 0 spiro atoms. The number of carbonyl (C=O) groups excluding carboxylic acids is 1. The van der Waals surface area contributed by atoms with Gasteiger partial charge in [0.15, 0.2) is 11.9 Å². The van der Waals surface area contributed by atoms with Crippen LogP contribution in [0.1, 0.15) is 42.3 Å². The summed E-state index contributed by atoms with van der Waals surface area (Å²) in [7, 11) is 0. The number of fused-ring (bicyclic) bond motifs is 1. The van der Waals surface area contributed by atoms with Crippen LogP contribution in [-0.4, -0.2) is 51.0 Å². The van der Waals surface area contributed by atoms with Gasteiger partial charge < -0.3 is 18.6 Å². The zero-order chi connectivity index (χ0) is 25.2. The quantitative estimate of drug-likeness (QED) is 0.459. The maximum atomic E-state index is 13.8. The Morgan fingerprint density at radius 1 is 1.29 bits per heavy atom. The van der Waals surface area contributed by atoms with Gasteiger partial charge in [-0.05, 0) is 37.5 Å². The summed E-state index contributed by atoms with van der Waals surface area (Å²) >= 11 is 0. The Morgan fingerprint density at radius 3 is 2.69 bits per heavy atom. The average Bonchev–Trinajstić information content (AvgIpc) is 3.30. The molecule has 0 N–H and O–H groups in total. The lowest BCUT2D eigenvalue weighted by atomic mass is 10.1. The molecule has 0 bridgehead atoms. The molecule has 1 saturated heterocycles. The molecule has 1 aliphatic heterocycles. The molecule has 5 rings (SSSR count). The fourth-order valence-electron chi connectivity index (χ4n) is 4.29. The van der Waals surface area contributed by atoms with E-state index in [9.17, 15) is 26.7 Å². The first-order chi connectivity index (χ1) is 16.4. The number of nitrogens with zero attached hydrogens (tertiary/aromatic N) is 4. The molecule has 2 aliphatic rings. The van der Waals surface area contributed by atoms with E-state index in [0.29, 0.717) is 18.9 Å². The SMILES string of the molecule is CC(Oc1ccc(-c2ncco2)cc1C(=O)N1CC2CC2(c2noc(C(F)(F)F)n2)C1)C(C)(F)F. The molecule has 186 valence electrons. The van der Waals surface area contributed by atoms with Crippen molar-refractivity contribution in [3.63, 3.8) is 0 Å². The number of hydrogen-bond donors (Lipinski definition) is 0. The summed E-state index contributed by atoms with van der Waals surface area (Å²) in [5.41, 5.74) is -0.417. The third kappa shape index (κ3) is 4.12. The maximum Gasteiger partial charge on any atom is 0.471 e. The van der Waals surface area contributed by atoms with E-state index in [0.717, 1.165) is 0 Å². The van der Waals surface area contributed by atoms with E-state index in [2.05, 4.69) is 19.6 Å². The standard InChI is InChI=1S/C22H19F5N4O4/c1-11(20(2,23)24)34-15-4-3-12(16-28-5-6-33-16)7-14(15)17(32)31-9-13-8-21(13,10-31)18-29-19(35-30-18)22(25,26)27/h3-7,11,13H,8-10H2,1-2H3. The molecule has 8 nitrogen and oxygen atoms in total. The number of alkyl halides is 5. The van der Waals surface area contributed by atoms with Crippen molar-refractivity contribution in [2.45, 2.75) is 43.9 Å². The Kier molecular flexibility index (Phi) is 5.15. The summed E-state index contributed by atoms with van der Waals surface area (Å²) in [4.78, 5) is 22.5. The number of hydrogen-bond acceptors (Lipinski definition) is 7. The van der Waals surface area contributed by atoms with Gasteiger partial charge in [-0.15, -0.1) is 0 Å². The number of benzene rings is 1. The minimum Gasteiger partial charge on any atom is -0.484 e. The number of likely N-dealkylation sites (tertiary alicyclic amines) is 1. The minimum absolute atomic E-state index is 0.00246. The lowest BCUT2D eigenvalue weighted by Gasteiger charge is -2.25. The fourth-order valence-corrected chi connectivity index (χ4v) is 4.29. The molecular formula is C22H19F5N4O4. The van der Waals surface area contributed by atoms with Crippen molar-refractivity contribution in [3.05, 3.63) is 47.9 Å². The van der Waals surface area contributed by atoms with E-state index in [4.69, 9.17) is 9.15 Å². The zero-order valence-electron chi connectivity index (χ0n) is 18.5. The molecule has 3 heterocycles. The van der Waals surface area contributed by atoms with E-state index in [-0.39, 0.29) is 42.0 Å². The third-order valence-electron chi connectivity index (χ3n) is 6.45. The Bertz CT molecular complexity index is 1250. The predicted molar refractivity (Wildman–Crippen MR) is 108 cm³/mol. The number of halogens is 5. The van der Waals surface area contributed by atoms with Crippen molar-refractivity contribution >= 4 is 5.91 Å².